The fourth-order valence-electron chi connectivity index (χ4n) is 5.79. The number of ether oxygens (including phenoxy) is 2. The molecule has 42 heavy (non-hydrogen) atoms. The molecule has 4 aromatic rings. The van der Waals surface area contributed by atoms with Crippen LogP contribution in [-0.2, 0) is 16.0 Å². The number of urea groups is 1. The number of anilines is 4. The number of benzene rings is 1. The molecule has 13 heteroatoms. The van der Waals surface area contributed by atoms with E-state index in [4.69, 9.17) is 19.4 Å². The van der Waals surface area contributed by atoms with Crippen molar-refractivity contribution in [1.82, 2.24) is 24.7 Å². The van der Waals surface area contributed by atoms with Crippen LogP contribution < -0.4 is 20.4 Å². The predicted octanol–water partition coefficient (Wildman–Crippen LogP) is 2.73. The van der Waals surface area contributed by atoms with Gasteiger partial charge in [0.15, 0.2) is 11.5 Å². The number of nitrogens with zero attached hydrogens (tertiary/aromatic N) is 7. The van der Waals surface area contributed by atoms with Gasteiger partial charge in [-0.3, -0.25) is 0 Å². The molecule has 2 bridgehead atoms. The van der Waals surface area contributed by atoms with Crippen molar-refractivity contribution in [1.29, 1.82) is 0 Å². The number of nitrogens with one attached hydrogen (secondary N) is 2. The Hall–Kier alpha value is -4.33. The minimum Gasteiger partial charge on any atom is -0.394 e. The number of hydrogen-bond donors (Lipinski definition) is 3. The summed E-state index contributed by atoms with van der Waals surface area (Å²) in [6, 6.07) is 10.8. The SMILES string of the molecule is O=C(Nc1ccc(-c2nc(N3CC4CCC(C3)O4)c3cnn(CCO)c3n2)cc1)Nc1ccc(N2CCOCC2)nc1. The summed E-state index contributed by atoms with van der Waals surface area (Å²) in [7, 11) is 0. The fourth-order valence-corrected chi connectivity index (χ4v) is 5.79. The van der Waals surface area contributed by atoms with E-state index >= 15 is 0 Å². The molecule has 2 amide bonds. The average Bonchev–Trinajstić information content (AvgIpc) is 3.59. The van der Waals surface area contributed by atoms with Crippen LogP contribution in [0.2, 0.25) is 0 Å². The van der Waals surface area contributed by atoms with Crippen molar-refractivity contribution in [3.8, 4) is 11.4 Å². The number of amides is 2. The summed E-state index contributed by atoms with van der Waals surface area (Å²) in [4.78, 5) is 31.4. The summed E-state index contributed by atoms with van der Waals surface area (Å²) in [6.07, 6.45) is 5.97. The van der Waals surface area contributed by atoms with Crippen molar-refractivity contribution in [2.24, 2.45) is 0 Å². The number of aromatic nitrogens is 5. The molecule has 13 nitrogen and oxygen atoms in total. The van der Waals surface area contributed by atoms with Crippen LogP contribution in [0.3, 0.4) is 0 Å². The highest BCUT2D eigenvalue weighted by Gasteiger charge is 2.35. The first-order valence-corrected chi connectivity index (χ1v) is 14.3. The normalized spacial score (nSPS) is 20.2. The van der Waals surface area contributed by atoms with Crippen LogP contribution in [0.25, 0.3) is 22.4 Å². The van der Waals surface area contributed by atoms with Gasteiger partial charge in [0, 0.05) is 37.4 Å². The molecule has 6 heterocycles. The van der Waals surface area contributed by atoms with Crippen LogP contribution in [-0.4, -0.2) is 94.1 Å². The lowest BCUT2D eigenvalue weighted by Crippen LogP contribution is -2.43. The van der Waals surface area contributed by atoms with E-state index in [-0.39, 0.29) is 24.8 Å². The smallest absolute Gasteiger partial charge is 0.323 e. The monoisotopic (exact) mass is 571 g/mol. The first-order valence-electron chi connectivity index (χ1n) is 14.3. The van der Waals surface area contributed by atoms with Gasteiger partial charge < -0.3 is 35.0 Å². The lowest BCUT2D eigenvalue weighted by atomic mass is 10.2. The number of carbonyl (C=O) groups is 1. The van der Waals surface area contributed by atoms with Crippen molar-refractivity contribution in [2.45, 2.75) is 31.6 Å². The predicted molar refractivity (Wildman–Crippen MR) is 158 cm³/mol. The molecule has 3 aromatic heterocycles. The van der Waals surface area contributed by atoms with E-state index in [0.717, 1.165) is 61.6 Å². The quantitative estimate of drug-likeness (QED) is 0.303. The first kappa shape index (κ1) is 26.6. The first-order chi connectivity index (χ1) is 20.6. The summed E-state index contributed by atoms with van der Waals surface area (Å²) >= 11 is 0. The molecule has 1 aromatic carbocycles. The molecular weight excluding hydrogens is 538 g/mol. The van der Waals surface area contributed by atoms with Gasteiger partial charge in [-0.1, -0.05) is 0 Å². The molecule has 2 atom stereocenters. The maximum atomic E-state index is 12.7. The fraction of sp³-hybridized carbons (Fsp3) is 0.414. The zero-order valence-electron chi connectivity index (χ0n) is 23.1. The Morgan fingerprint density at radius 2 is 1.67 bits per heavy atom. The van der Waals surface area contributed by atoms with E-state index in [1.807, 2.05) is 36.4 Å². The largest absolute Gasteiger partial charge is 0.394 e. The molecule has 7 rings (SSSR count). The molecule has 218 valence electrons. The molecule has 3 aliphatic heterocycles. The number of morpholine rings is 2. The van der Waals surface area contributed by atoms with Crippen LogP contribution in [0.15, 0.2) is 48.8 Å². The Labute approximate surface area is 242 Å². The summed E-state index contributed by atoms with van der Waals surface area (Å²) in [5, 5.41) is 20.6. The second-order valence-corrected chi connectivity index (χ2v) is 10.7. The number of carbonyl (C=O) groups excluding carboxylic acids is 1. The summed E-state index contributed by atoms with van der Waals surface area (Å²) in [6.45, 7) is 4.84. The molecule has 2 unspecified atom stereocenters. The van der Waals surface area contributed by atoms with Gasteiger partial charge in [0.25, 0.3) is 0 Å². The number of fused-ring (bicyclic) bond motifs is 3. The Bertz CT molecular complexity index is 1540. The third-order valence-corrected chi connectivity index (χ3v) is 7.87. The van der Waals surface area contributed by atoms with E-state index < -0.39 is 0 Å². The third kappa shape index (κ3) is 5.45. The Kier molecular flexibility index (Phi) is 7.28. The van der Waals surface area contributed by atoms with Gasteiger partial charge in [-0.25, -0.2) is 24.4 Å². The average molecular weight is 572 g/mol. The lowest BCUT2D eigenvalue weighted by Gasteiger charge is -2.33. The molecule has 3 N–H and O–H groups in total. The summed E-state index contributed by atoms with van der Waals surface area (Å²) < 4.78 is 13.1. The van der Waals surface area contributed by atoms with E-state index in [1.165, 1.54) is 0 Å². The van der Waals surface area contributed by atoms with Crippen molar-refractivity contribution in [3.05, 3.63) is 48.8 Å². The molecule has 3 aliphatic rings. The Balaban J connectivity index is 1.07. The van der Waals surface area contributed by atoms with Crippen LogP contribution in [0, 0.1) is 0 Å². The van der Waals surface area contributed by atoms with Gasteiger partial charge in [0.05, 0.1) is 62.0 Å². The standard InChI is InChI=1S/C29H33N9O4/c39-12-9-38-28-24(16-31-38)27(37-17-22-6-7-23(18-37)42-22)34-26(35-28)19-1-3-20(4-2-19)32-29(40)33-21-5-8-25(30-15-21)36-10-13-41-14-11-36/h1-5,8,15-16,22-23,39H,6-7,9-14,17-18H2,(H2,32,33,40). The van der Waals surface area contributed by atoms with E-state index in [1.54, 1.807) is 17.1 Å². The Morgan fingerprint density at radius 1 is 0.929 bits per heavy atom. The van der Waals surface area contributed by atoms with Crippen LogP contribution in [0.1, 0.15) is 12.8 Å². The summed E-state index contributed by atoms with van der Waals surface area (Å²) in [5.41, 5.74) is 2.72. The van der Waals surface area contributed by atoms with Crippen LogP contribution in [0.4, 0.5) is 27.8 Å². The maximum Gasteiger partial charge on any atom is 0.323 e. The lowest BCUT2D eigenvalue weighted by molar-refractivity contribution is 0.0303. The van der Waals surface area contributed by atoms with E-state index in [2.05, 4.69) is 30.5 Å². The van der Waals surface area contributed by atoms with E-state index in [0.29, 0.717) is 42.6 Å². The Morgan fingerprint density at radius 3 is 2.38 bits per heavy atom. The second kappa shape index (κ2) is 11.5. The molecular formula is C29H33N9O4. The van der Waals surface area contributed by atoms with E-state index in [9.17, 15) is 9.90 Å². The topological polar surface area (TPSA) is 143 Å². The van der Waals surface area contributed by atoms with Crippen LogP contribution >= 0.6 is 0 Å². The van der Waals surface area contributed by atoms with Crippen molar-refractivity contribution in [2.75, 3.05) is 66.4 Å². The zero-order valence-corrected chi connectivity index (χ0v) is 23.1. The molecule has 0 aliphatic carbocycles. The van der Waals surface area contributed by atoms with Crippen molar-refractivity contribution >= 4 is 40.1 Å². The molecule has 0 radical (unpaired) electrons. The highest BCUT2D eigenvalue weighted by Crippen LogP contribution is 2.33. The van der Waals surface area contributed by atoms with Gasteiger partial charge in [0.1, 0.15) is 11.6 Å². The number of hydrogen-bond acceptors (Lipinski definition) is 10. The number of aliphatic hydroxyl groups excluding tert-OH is 1. The molecule has 3 saturated heterocycles. The van der Waals surface area contributed by atoms with Crippen molar-refractivity contribution in [3.63, 3.8) is 0 Å². The zero-order chi connectivity index (χ0) is 28.5. The van der Waals surface area contributed by atoms with Gasteiger partial charge in [-0.15, -0.1) is 0 Å². The van der Waals surface area contributed by atoms with Gasteiger partial charge in [-0.2, -0.15) is 5.10 Å². The minimum atomic E-state index is -0.363. The number of aliphatic hydroxyl groups is 1. The van der Waals surface area contributed by atoms with Crippen molar-refractivity contribution < 1.29 is 19.4 Å². The third-order valence-electron chi connectivity index (χ3n) is 7.87. The molecule has 3 fully saturated rings. The van der Waals surface area contributed by atoms with Gasteiger partial charge >= 0.3 is 6.03 Å². The van der Waals surface area contributed by atoms with Gasteiger partial charge in [0.2, 0.25) is 0 Å². The molecule has 0 spiro atoms. The number of rotatable bonds is 7. The maximum absolute atomic E-state index is 12.7. The van der Waals surface area contributed by atoms with Crippen LogP contribution in [0.5, 0.6) is 0 Å². The minimum absolute atomic E-state index is 0.0380. The number of pyridine rings is 1. The summed E-state index contributed by atoms with van der Waals surface area (Å²) in [5.74, 6) is 2.25. The highest BCUT2D eigenvalue weighted by atomic mass is 16.5. The highest BCUT2D eigenvalue weighted by molar-refractivity contribution is 5.99. The van der Waals surface area contributed by atoms with Gasteiger partial charge in [-0.05, 0) is 49.2 Å². The molecule has 0 saturated carbocycles. The second-order valence-electron chi connectivity index (χ2n) is 10.7.